The van der Waals surface area contributed by atoms with Gasteiger partial charge < -0.3 is 0 Å². The summed E-state index contributed by atoms with van der Waals surface area (Å²) in [4.78, 5) is 0. The topological polar surface area (TPSA) is 0 Å². The van der Waals surface area contributed by atoms with Crippen LogP contribution in [0.2, 0.25) is 0 Å². The van der Waals surface area contributed by atoms with Crippen LogP contribution < -0.4 is 0 Å². The number of fused-ring (bicyclic) bond motifs is 2. The molecule has 4 rings (SSSR count). The Labute approximate surface area is 126 Å². The Hall–Kier alpha value is -2.60. The van der Waals surface area contributed by atoms with Crippen molar-refractivity contribution in [3.63, 3.8) is 0 Å². The molecule has 0 fully saturated rings. The van der Waals surface area contributed by atoms with E-state index in [1.54, 1.807) is 0 Å². The van der Waals surface area contributed by atoms with Crippen molar-refractivity contribution < 1.29 is 1.37 Å². The van der Waals surface area contributed by atoms with Gasteiger partial charge in [-0.1, -0.05) is 84.9 Å². The molecule has 4 aromatic carbocycles. The number of benzene rings is 4. The quantitative estimate of drug-likeness (QED) is 0.445. The van der Waals surface area contributed by atoms with Crippen molar-refractivity contribution in [1.29, 1.82) is 0 Å². The second kappa shape index (κ2) is 5.06. The summed E-state index contributed by atoms with van der Waals surface area (Å²) >= 11 is 0. The standard InChI is InChI=1S/C21H16/c1-3-13-20-16(7-1)9-5-11-18(20)15-19-12-6-10-17-8-2-4-14-21(17)19/h1-14H,15H2/i15D. The first-order chi connectivity index (χ1) is 10.8. The summed E-state index contributed by atoms with van der Waals surface area (Å²) in [6.07, 6.45) is -0.378. The van der Waals surface area contributed by atoms with Crippen LogP contribution in [0.1, 0.15) is 12.5 Å². The van der Waals surface area contributed by atoms with Gasteiger partial charge in [0.1, 0.15) is 0 Å². The van der Waals surface area contributed by atoms with E-state index in [4.69, 9.17) is 1.37 Å². The average Bonchev–Trinajstić information content (AvgIpc) is 2.60. The molecule has 0 saturated carbocycles. The zero-order chi connectivity index (χ0) is 14.9. The fraction of sp³-hybridized carbons (Fsp3) is 0.0476. The molecule has 0 heterocycles. The van der Waals surface area contributed by atoms with E-state index in [2.05, 4.69) is 48.5 Å². The smallest absolute Gasteiger partial charge is 0.0366 e. The first kappa shape index (κ1) is 11.1. The molecule has 0 aliphatic heterocycles. The van der Waals surface area contributed by atoms with Crippen LogP contribution in [0.25, 0.3) is 21.5 Å². The lowest BCUT2D eigenvalue weighted by molar-refractivity contribution is 1.24. The van der Waals surface area contributed by atoms with Crippen LogP contribution in [0.4, 0.5) is 0 Å². The molecular formula is C21H16. The molecule has 0 aliphatic carbocycles. The summed E-state index contributed by atoms with van der Waals surface area (Å²) in [6.45, 7) is 0. The molecule has 21 heavy (non-hydrogen) atoms. The van der Waals surface area contributed by atoms with E-state index in [1.807, 2.05) is 36.4 Å². The largest absolute Gasteiger partial charge is 0.0616 e. The molecule has 0 aliphatic rings. The molecule has 4 aromatic rings. The van der Waals surface area contributed by atoms with E-state index < -0.39 is 0 Å². The third kappa shape index (κ3) is 2.19. The maximum atomic E-state index is 8.82. The van der Waals surface area contributed by atoms with Crippen LogP contribution in [0.3, 0.4) is 0 Å². The molecule has 0 saturated heterocycles. The SMILES string of the molecule is [2H]C(c1cccc2ccccc12)c1cccc2ccccc12. The number of hydrogen-bond acceptors (Lipinski definition) is 0. The Morgan fingerprint density at radius 1 is 0.524 bits per heavy atom. The van der Waals surface area contributed by atoms with E-state index in [9.17, 15) is 0 Å². The van der Waals surface area contributed by atoms with Crippen LogP contribution in [0.15, 0.2) is 84.9 Å². The molecule has 0 atom stereocenters. The maximum Gasteiger partial charge on any atom is 0.0366 e. The molecule has 0 aromatic heterocycles. The van der Waals surface area contributed by atoms with E-state index >= 15 is 0 Å². The van der Waals surface area contributed by atoms with Gasteiger partial charge >= 0.3 is 0 Å². The van der Waals surface area contributed by atoms with Crippen molar-refractivity contribution in [2.24, 2.45) is 0 Å². The van der Waals surface area contributed by atoms with Crippen molar-refractivity contribution in [3.8, 4) is 0 Å². The number of rotatable bonds is 2. The lowest BCUT2D eigenvalue weighted by Gasteiger charge is -2.09. The van der Waals surface area contributed by atoms with Crippen LogP contribution >= 0.6 is 0 Å². The first-order valence-electron chi connectivity index (χ1n) is 7.80. The minimum atomic E-state index is -0.378. The van der Waals surface area contributed by atoms with Crippen molar-refractivity contribution >= 4 is 21.5 Å². The van der Waals surface area contributed by atoms with Crippen molar-refractivity contribution in [2.75, 3.05) is 0 Å². The van der Waals surface area contributed by atoms with Gasteiger partial charge in [0.25, 0.3) is 0 Å². The van der Waals surface area contributed by atoms with Gasteiger partial charge in [-0.3, -0.25) is 0 Å². The predicted octanol–water partition coefficient (Wildman–Crippen LogP) is 5.58. The van der Waals surface area contributed by atoms with Gasteiger partial charge in [-0.2, -0.15) is 0 Å². The van der Waals surface area contributed by atoms with Gasteiger partial charge in [0.05, 0.1) is 0 Å². The van der Waals surface area contributed by atoms with Gasteiger partial charge in [0.2, 0.25) is 0 Å². The molecule has 0 bridgehead atoms. The highest BCUT2D eigenvalue weighted by atomic mass is 14.1. The molecule has 0 nitrogen and oxygen atoms in total. The summed E-state index contributed by atoms with van der Waals surface area (Å²) in [7, 11) is 0. The van der Waals surface area contributed by atoms with Gasteiger partial charge in [0.15, 0.2) is 0 Å². The zero-order valence-electron chi connectivity index (χ0n) is 12.7. The third-order valence-corrected chi connectivity index (χ3v) is 3.96. The predicted molar refractivity (Wildman–Crippen MR) is 90.7 cm³/mol. The average molecular weight is 269 g/mol. The molecule has 100 valence electrons. The van der Waals surface area contributed by atoms with Gasteiger partial charge in [0, 0.05) is 1.37 Å². The van der Waals surface area contributed by atoms with E-state index in [0.29, 0.717) is 0 Å². The van der Waals surface area contributed by atoms with Crippen molar-refractivity contribution in [3.05, 3.63) is 96.1 Å². The highest BCUT2D eigenvalue weighted by Gasteiger charge is 2.04. The summed E-state index contributed by atoms with van der Waals surface area (Å²) in [6, 6.07) is 29.1. The minimum Gasteiger partial charge on any atom is -0.0616 e. The molecule has 0 amide bonds. The minimum absolute atomic E-state index is 0.378. The second-order valence-electron chi connectivity index (χ2n) is 5.28. The van der Waals surface area contributed by atoms with Gasteiger partial charge in [-0.05, 0) is 39.1 Å². The van der Waals surface area contributed by atoms with Crippen LogP contribution in [0.5, 0.6) is 0 Å². The Balaban J connectivity index is 1.94. The van der Waals surface area contributed by atoms with E-state index in [1.165, 1.54) is 10.8 Å². The van der Waals surface area contributed by atoms with E-state index in [-0.39, 0.29) is 6.40 Å². The Bertz CT molecular complexity index is 866. The fourth-order valence-corrected chi connectivity index (χ4v) is 2.92. The van der Waals surface area contributed by atoms with Crippen LogP contribution in [0, 0.1) is 0 Å². The maximum absolute atomic E-state index is 8.82. The Morgan fingerprint density at radius 3 is 1.48 bits per heavy atom. The fourth-order valence-electron chi connectivity index (χ4n) is 2.92. The molecule has 0 spiro atoms. The van der Waals surface area contributed by atoms with Gasteiger partial charge in [-0.25, -0.2) is 0 Å². The zero-order valence-corrected chi connectivity index (χ0v) is 11.7. The monoisotopic (exact) mass is 269 g/mol. The summed E-state index contributed by atoms with van der Waals surface area (Å²) in [5, 5.41) is 4.71. The van der Waals surface area contributed by atoms with Crippen molar-refractivity contribution in [2.45, 2.75) is 6.40 Å². The summed E-state index contributed by atoms with van der Waals surface area (Å²) in [5.74, 6) is 0. The molecule has 0 N–H and O–H groups in total. The highest BCUT2D eigenvalue weighted by Crippen LogP contribution is 2.25. The molecular weight excluding hydrogens is 252 g/mol. The third-order valence-electron chi connectivity index (χ3n) is 3.96. The molecule has 0 unspecified atom stereocenters. The summed E-state index contributed by atoms with van der Waals surface area (Å²) in [5.41, 5.74) is 2.13. The highest BCUT2D eigenvalue weighted by molar-refractivity contribution is 5.89. The lowest BCUT2D eigenvalue weighted by Crippen LogP contribution is -1.91. The molecule has 0 radical (unpaired) electrons. The Kier molecular flexibility index (Phi) is 2.68. The lowest BCUT2D eigenvalue weighted by atomic mass is 9.95. The van der Waals surface area contributed by atoms with E-state index in [0.717, 1.165) is 21.9 Å². The van der Waals surface area contributed by atoms with Crippen molar-refractivity contribution in [1.82, 2.24) is 0 Å². The molecule has 0 heteroatoms. The first-order valence-corrected chi connectivity index (χ1v) is 7.22. The number of hydrogen-bond donors (Lipinski definition) is 0. The van der Waals surface area contributed by atoms with Crippen LogP contribution in [-0.2, 0) is 6.40 Å². The van der Waals surface area contributed by atoms with Crippen LogP contribution in [-0.4, -0.2) is 0 Å². The normalized spacial score (nSPS) is 12.0. The van der Waals surface area contributed by atoms with Gasteiger partial charge in [-0.15, -0.1) is 0 Å². The Morgan fingerprint density at radius 2 is 0.952 bits per heavy atom. The summed E-state index contributed by atoms with van der Waals surface area (Å²) < 4.78 is 8.82. The second-order valence-corrected chi connectivity index (χ2v) is 5.28.